The molecule has 3 aromatic rings. The van der Waals surface area contributed by atoms with E-state index in [0.717, 1.165) is 35.7 Å². The van der Waals surface area contributed by atoms with Crippen molar-refractivity contribution in [1.82, 2.24) is 9.88 Å². The third-order valence-electron chi connectivity index (χ3n) is 5.85. The molecule has 2 heterocycles. The molecule has 2 aromatic carbocycles. The van der Waals surface area contributed by atoms with Gasteiger partial charge in [0.1, 0.15) is 11.7 Å². The second kappa shape index (κ2) is 9.22. The Bertz CT molecular complexity index is 1120. The number of aliphatic imine (C=N–C) groups is 1. The number of pyridine rings is 1. The molecule has 7 heteroatoms. The Morgan fingerprint density at radius 2 is 2.13 bits per heavy atom. The average molecular weight is 420 g/mol. The summed E-state index contributed by atoms with van der Waals surface area (Å²) in [7, 11) is 0. The number of carbonyl (C=O) groups is 1. The number of nitrogens with zero attached hydrogens (tertiary/aromatic N) is 3. The first-order chi connectivity index (χ1) is 15.0. The number of fused-ring (bicyclic) bond motifs is 1. The van der Waals surface area contributed by atoms with Crippen LogP contribution in [-0.2, 0) is 6.54 Å². The van der Waals surface area contributed by atoms with Crippen LogP contribution in [0.2, 0.25) is 0 Å². The van der Waals surface area contributed by atoms with E-state index in [1.807, 2.05) is 30.3 Å². The number of anilines is 1. The van der Waals surface area contributed by atoms with Gasteiger partial charge in [-0.3, -0.25) is 9.88 Å². The molecule has 2 amide bonds. The zero-order valence-electron chi connectivity index (χ0n) is 17.5. The number of amidine groups is 1. The molecular formula is C24H26FN5O. The summed E-state index contributed by atoms with van der Waals surface area (Å²) in [5.74, 6) is 0.137. The number of aromatic nitrogens is 1. The van der Waals surface area contributed by atoms with Crippen molar-refractivity contribution in [2.24, 2.45) is 16.6 Å². The number of nitrogens with two attached hydrogens (primary N) is 1. The minimum atomic E-state index is -0.486. The van der Waals surface area contributed by atoms with E-state index in [0.29, 0.717) is 30.2 Å². The fourth-order valence-corrected chi connectivity index (χ4v) is 4.09. The molecule has 31 heavy (non-hydrogen) atoms. The first kappa shape index (κ1) is 20.9. The fraction of sp³-hybridized carbons (Fsp3) is 0.292. The van der Waals surface area contributed by atoms with Gasteiger partial charge in [0, 0.05) is 42.2 Å². The van der Waals surface area contributed by atoms with Crippen LogP contribution in [0.15, 0.2) is 59.9 Å². The van der Waals surface area contributed by atoms with E-state index in [-0.39, 0.29) is 11.7 Å². The smallest absolute Gasteiger partial charge is 0.347 e. The van der Waals surface area contributed by atoms with Gasteiger partial charge in [0.05, 0.1) is 5.69 Å². The Kier molecular flexibility index (Phi) is 6.23. The molecule has 1 fully saturated rings. The van der Waals surface area contributed by atoms with Crippen molar-refractivity contribution in [3.8, 4) is 0 Å². The van der Waals surface area contributed by atoms with Crippen LogP contribution in [0.4, 0.5) is 14.9 Å². The Hall–Kier alpha value is -3.32. The molecule has 0 radical (unpaired) electrons. The van der Waals surface area contributed by atoms with Crippen LogP contribution >= 0.6 is 0 Å². The molecule has 4 rings (SSSR count). The van der Waals surface area contributed by atoms with Gasteiger partial charge < -0.3 is 11.1 Å². The van der Waals surface area contributed by atoms with Crippen LogP contribution in [0.3, 0.4) is 0 Å². The van der Waals surface area contributed by atoms with E-state index in [9.17, 15) is 9.18 Å². The number of likely N-dealkylation sites (tertiary alicyclic amines) is 1. The summed E-state index contributed by atoms with van der Waals surface area (Å²) in [6.45, 7) is 4.06. The lowest BCUT2D eigenvalue weighted by atomic mass is 9.96. The van der Waals surface area contributed by atoms with E-state index in [1.54, 1.807) is 25.4 Å². The molecule has 1 unspecified atom stereocenters. The maximum absolute atomic E-state index is 13.9. The summed E-state index contributed by atoms with van der Waals surface area (Å²) in [5, 5.41) is 4.67. The van der Waals surface area contributed by atoms with Crippen LogP contribution < -0.4 is 11.1 Å². The average Bonchev–Trinajstić information content (AvgIpc) is 2.77. The van der Waals surface area contributed by atoms with Gasteiger partial charge >= 0.3 is 6.03 Å². The molecule has 6 nitrogen and oxygen atoms in total. The normalized spacial score (nSPS) is 17.6. The number of amides is 2. The molecular weight excluding hydrogens is 393 g/mol. The molecule has 3 N–H and O–H groups in total. The number of nitrogens with one attached hydrogen (secondary N) is 1. The van der Waals surface area contributed by atoms with E-state index in [2.05, 4.69) is 20.2 Å². The van der Waals surface area contributed by atoms with Crippen molar-refractivity contribution in [1.29, 1.82) is 0 Å². The number of carbonyl (C=O) groups excluding carboxylic acids is 1. The van der Waals surface area contributed by atoms with Crippen molar-refractivity contribution in [2.75, 3.05) is 18.4 Å². The van der Waals surface area contributed by atoms with Crippen molar-refractivity contribution in [2.45, 2.75) is 26.3 Å². The number of halogens is 1. The van der Waals surface area contributed by atoms with Gasteiger partial charge in [-0.15, -0.1) is 0 Å². The van der Waals surface area contributed by atoms with E-state index >= 15 is 0 Å². The number of benzene rings is 2. The summed E-state index contributed by atoms with van der Waals surface area (Å²) >= 11 is 0. The van der Waals surface area contributed by atoms with E-state index in [4.69, 9.17) is 5.73 Å². The van der Waals surface area contributed by atoms with Crippen LogP contribution in [0.5, 0.6) is 0 Å². The van der Waals surface area contributed by atoms with Gasteiger partial charge in [0.25, 0.3) is 0 Å². The number of hydrogen-bond acceptors (Lipinski definition) is 3. The molecule has 160 valence electrons. The van der Waals surface area contributed by atoms with Gasteiger partial charge in [-0.2, -0.15) is 4.99 Å². The number of urea groups is 1. The summed E-state index contributed by atoms with van der Waals surface area (Å²) in [4.78, 5) is 23.0. The fourth-order valence-electron chi connectivity index (χ4n) is 4.09. The summed E-state index contributed by atoms with van der Waals surface area (Å²) < 4.78 is 13.9. The highest BCUT2D eigenvalue weighted by molar-refractivity contribution is 6.05. The van der Waals surface area contributed by atoms with Crippen LogP contribution in [0, 0.1) is 18.7 Å². The predicted octanol–water partition coefficient (Wildman–Crippen LogP) is 4.48. The van der Waals surface area contributed by atoms with Crippen molar-refractivity contribution in [3.63, 3.8) is 0 Å². The topological polar surface area (TPSA) is 83.6 Å². The second-order valence-corrected chi connectivity index (χ2v) is 7.97. The lowest BCUT2D eigenvalue weighted by Crippen LogP contribution is -2.41. The Morgan fingerprint density at radius 1 is 1.29 bits per heavy atom. The summed E-state index contributed by atoms with van der Waals surface area (Å²) in [6, 6.07) is 12.2. The van der Waals surface area contributed by atoms with Crippen LogP contribution in [0.25, 0.3) is 10.8 Å². The zero-order valence-corrected chi connectivity index (χ0v) is 17.5. The molecule has 1 atom stereocenters. The zero-order chi connectivity index (χ0) is 21.8. The van der Waals surface area contributed by atoms with Crippen molar-refractivity contribution >= 4 is 28.3 Å². The Labute approximate surface area is 181 Å². The first-order valence-electron chi connectivity index (χ1n) is 10.5. The van der Waals surface area contributed by atoms with Crippen molar-refractivity contribution in [3.05, 3.63) is 71.8 Å². The molecule has 0 aliphatic carbocycles. The largest absolute Gasteiger partial charge is 0.387 e. The SMILES string of the molecule is Cc1c(F)cccc1CN1CCCC(/C(N)=N/C(=O)Nc2cccc3cnccc23)C1. The van der Waals surface area contributed by atoms with Gasteiger partial charge in [0.15, 0.2) is 0 Å². The number of hydrogen-bond donors (Lipinski definition) is 2. The van der Waals surface area contributed by atoms with Gasteiger partial charge in [-0.1, -0.05) is 24.3 Å². The Morgan fingerprint density at radius 3 is 3.00 bits per heavy atom. The highest BCUT2D eigenvalue weighted by Gasteiger charge is 2.24. The maximum Gasteiger partial charge on any atom is 0.347 e. The van der Waals surface area contributed by atoms with Gasteiger partial charge in [-0.25, -0.2) is 9.18 Å². The standard InChI is InChI=1S/C24H26FN5O/c1-16-18(6-2-8-21(16)25)14-30-12-4-7-19(15-30)23(26)29-24(31)28-22-9-3-5-17-13-27-11-10-20(17)22/h2-3,5-6,8-11,13,19H,4,7,12,14-15H2,1H3,(H3,26,28,29,31). The van der Waals surface area contributed by atoms with E-state index < -0.39 is 6.03 Å². The molecule has 0 saturated carbocycles. The minimum Gasteiger partial charge on any atom is -0.387 e. The first-order valence-corrected chi connectivity index (χ1v) is 10.5. The summed E-state index contributed by atoms with van der Waals surface area (Å²) in [6.07, 6.45) is 5.26. The number of piperidine rings is 1. The predicted molar refractivity (Wildman–Crippen MR) is 122 cm³/mol. The lowest BCUT2D eigenvalue weighted by Gasteiger charge is -2.32. The monoisotopic (exact) mass is 419 g/mol. The molecule has 1 aliphatic rings. The third kappa shape index (κ3) is 4.88. The van der Waals surface area contributed by atoms with Gasteiger partial charge in [-0.05, 0) is 55.6 Å². The molecule has 0 bridgehead atoms. The summed E-state index contributed by atoms with van der Waals surface area (Å²) in [5.41, 5.74) is 8.54. The van der Waals surface area contributed by atoms with Crippen molar-refractivity contribution < 1.29 is 9.18 Å². The maximum atomic E-state index is 13.9. The Balaban J connectivity index is 1.42. The molecule has 1 aromatic heterocycles. The van der Waals surface area contributed by atoms with Gasteiger partial charge in [0.2, 0.25) is 0 Å². The van der Waals surface area contributed by atoms with Crippen LogP contribution in [-0.4, -0.2) is 34.8 Å². The molecule has 0 spiro atoms. The number of rotatable bonds is 4. The van der Waals surface area contributed by atoms with Crippen LogP contribution in [0.1, 0.15) is 24.0 Å². The molecule has 1 saturated heterocycles. The minimum absolute atomic E-state index is 0.00918. The second-order valence-electron chi connectivity index (χ2n) is 7.97. The lowest BCUT2D eigenvalue weighted by molar-refractivity contribution is 0.195. The highest BCUT2D eigenvalue weighted by Crippen LogP contribution is 2.23. The molecule has 1 aliphatic heterocycles. The quantitative estimate of drug-likeness (QED) is 0.482. The van der Waals surface area contributed by atoms with E-state index in [1.165, 1.54) is 6.07 Å². The highest BCUT2D eigenvalue weighted by atomic mass is 19.1. The third-order valence-corrected chi connectivity index (χ3v) is 5.85.